The molecule has 0 unspecified atom stereocenters. The molecule has 1 aromatic carbocycles. The van der Waals surface area contributed by atoms with E-state index in [-0.39, 0.29) is 18.2 Å². The summed E-state index contributed by atoms with van der Waals surface area (Å²) in [6.45, 7) is 5.98. The van der Waals surface area contributed by atoms with Crippen LogP contribution in [0.4, 0.5) is 0 Å². The van der Waals surface area contributed by atoms with Gasteiger partial charge in [0.15, 0.2) is 5.82 Å². The third-order valence-corrected chi connectivity index (χ3v) is 5.44. The second-order valence-electron chi connectivity index (χ2n) is 7.68. The van der Waals surface area contributed by atoms with Gasteiger partial charge in [-0.1, -0.05) is 12.1 Å². The van der Waals surface area contributed by atoms with Gasteiger partial charge in [-0.2, -0.15) is 4.98 Å². The van der Waals surface area contributed by atoms with Crippen LogP contribution in [-0.4, -0.2) is 74.5 Å². The Bertz CT molecular complexity index is 1130. The van der Waals surface area contributed by atoms with E-state index >= 15 is 0 Å². The first-order valence-corrected chi connectivity index (χ1v) is 10.4. The van der Waals surface area contributed by atoms with E-state index in [1.165, 1.54) is 0 Å². The van der Waals surface area contributed by atoms with Crippen LogP contribution in [0.3, 0.4) is 0 Å². The van der Waals surface area contributed by atoms with Crippen molar-refractivity contribution < 1.29 is 14.3 Å². The number of aromatic nitrogens is 4. The van der Waals surface area contributed by atoms with E-state index in [4.69, 9.17) is 4.74 Å². The number of fused-ring (bicyclic) bond motifs is 1. The average molecular weight is 422 g/mol. The number of aryl methyl sites for hydroxylation is 2. The molecule has 3 aromatic rings. The van der Waals surface area contributed by atoms with Gasteiger partial charge in [0.05, 0.1) is 19.1 Å². The van der Waals surface area contributed by atoms with Gasteiger partial charge in [0, 0.05) is 37.6 Å². The van der Waals surface area contributed by atoms with Crippen LogP contribution in [0.1, 0.15) is 34.0 Å². The molecule has 0 saturated carbocycles. The molecular formula is C22H26N6O3. The molecule has 0 spiro atoms. The van der Waals surface area contributed by atoms with Gasteiger partial charge in [0.25, 0.3) is 11.7 Å². The molecule has 9 nitrogen and oxygen atoms in total. The number of amides is 2. The molecule has 162 valence electrons. The number of para-hydroxylation sites is 1. The Morgan fingerprint density at radius 1 is 1.03 bits per heavy atom. The smallest absolute Gasteiger partial charge is 0.257 e. The van der Waals surface area contributed by atoms with Gasteiger partial charge in [-0.15, -0.1) is 5.10 Å². The van der Waals surface area contributed by atoms with Crippen molar-refractivity contribution in [3.05, 3.63) is 53.1 Å². The molecule has 0 atom stereocenters. The number of carbonyl (C=O) groups is 2. The predicted octanol–water partition coefficient (Wildman–Crippen LogP) is 1.67. The Morgan fingerprint density at radius 2 is 1.77 bits per heavy atom. The summed E-state index contributed by atoms with van der Waals surface area (Å²) in [5, 5.41) is 4.43. The van der Waals surface area contributed by atoms with Crippen molar-refractivity contribution in [3.8, 4) is 5.75 Å². The van der Waals surface area contributed by atoms with Crippen LogP contribution in [0.25, 0.3) is 5.78 Å². The van der Waals surface area contributed by atoms with Crippen molar-refractivity contribution in [1.82, 2.24) is 29.4 Å². The minimum absolute atomic E-state index is 0.0446. The molecule has 0 radical (unpaired) electrons. The van der Waals surface area contributed by atoms with Crippen LogP contribution >= 0.6 is 0 Å². The number of benzene rings is 1. The second-order valence-corrected chi connectivity index (χ2v) is 7.68. The molecule has 2 amide bonds. The highest BCUT2D eigenvalue weighted by Gasteiger charge is 2.25. The minimum Gasteiger partial charge on any atom is -0.496 e. The molecule has 1 fully saturated rings. The zero-order valence-corrected chi connectivity index (χ0v) is 18.0. The lowest BCUT2D eigenvalue weighted by Gasteiger charge is -2.22. The third kappa shape index (κ3) is 4.35. The maximum atomic E-state index is 13.0. The summed E-state index contributed by atoms with van der Waals surface area (Å²) in [4.78, 5) is 38.2. The molecule has 1 aliphatic rings. The Balaban J connectivity index is 1.42. The largest absolute Gasteiger partial charge is 0.496 e. The number of carbonyl (C=O) groups excluding carboxylic acids is 2. The quantitative estimate of drug-likeness (QED) is 0.635. The van der Waals surface area contributed by atoms with Crippen LogP contribution in [0.15, 0.2) is 30.3 Å². The lowest BCUT2D eigenvalue weighted by Crippen LogP contribution is -2.38. The number of hydrogen-bond acceptors (Lipinski definition) is 6. The molecule has 0 N–H and O–H groups in total. The normalized spacial score (nSPS) is 14.5. The molecule has 3 heterocycles. The number of nitrogens with zero attached hydrogens (tertiary/aromatic N) is 6. The van der Waals surface area contributed by atoms with Gasteiger partial charge in [-0.3, -0.25) is 9.59 Å². The molecule has 0 bridgehead atoms. The van der Waals surface area contributed by atoms with E-state index < -0.39 is 0 Å². The van der Waals surface area contributed by atoms with Crippen LogP contribution in [-0.2, 0) is 11.2 Å². The molecule has 0 aliphatic carbocycles. The van der Waals surface area contributed by atoms with Crippen LogP contribution in [0.2, 0.25) is 0 Å². The van der Waals surface area contributed by atoms with Crippen molar-refractivity contribution in [2.75, 3.05) is 33.3 Å². The number of hydrogen-bond donors (Lipinski definition) is 0. The topological polar surface area (TPSA) is 92.9 Å². The Labute approximate surface area is 180 Å². The number of methoxy groups -OCH3 is 1. The highest BCUT2D eigenvalue weighted by molar-refractivity contribution is 5.97. The maximum absolute atomic E-state index is 13.0. The molecule has 2 aromatic heterocycles. The minimum atomic E-state index is -0.0781. The highest BCUT2D eigenvalue weighted by atomic mass is 16.5. The molecule has 9 heteroatoms. The lowest BCUT2D eigenvalue weighted by atomic mass is 10.1. The summed E-state index contributed by atoms with van der Waals surface area (Å²) in [7, 11) is 1.56. The van der Waals surface area contributed by atoms with Gasteiger partial charge < -0.3 is 14.5 Å². The fourth-order valence-corrected chi connectivity index (χ4v) is 3.89. The van der Waals surface area contributed by atoms with Gasteiger partial charge >= 0.3 is 0 Å². The summed E-state index contributed by atoms with van der Waals surface area (Å²) >= 11 is 0. The van der Waals surface area contributed by atoms with E-state index in [9.17, 15) is 9.59 Å². The standard InChI is InChI=1S/C22H26N6O3/c1-15-13-16(2)28-22(23-15)24-19(25-28)14-20(29)26-9-6-10-27(12-11-26)21(30)17-7-4-5-8-18(17)31-3/h4-5,7-8,13H,6,9-12,14H2,1-3H3. The Kier molecular flexibility index (Phi) is 5.83. The zero-order chi connectivity index (χ0) is 22.0. The maximum Gasteiger partial charge on any atom is 0.257 e. The van der Waals surface area contributed by atoms with E-state index in [0.717, 1.165) is 11.4 Å². The second kappa shape index (κ2) is 8.71. The summed E-state index contributed by atoms with van der Waals surface area (Å²) in [6, 6.07) is 9.13. The van der Waals surface area contributed by atoms with Gasteiger partial charge in [0.2, 0.25) is 5.91 Å². The molecular weight excluding hydrogens is 396 g/mol. The van der Waals surface area contributed by atoms with Crippen molar-refractivity contribution in [3.63, 3.8) is 0 Å². The molecule has 1 saturated heterocycles. The molecule has 4 rings (SSSR count). The van der Waals surface area contributed by atoms with E-state index in [0.29, 0.717) is 55.5 Å². The summed E-state index contributed by atoms with van der Waals surface area (Å²) in [5.74, 6) is 1.39. The van der Waals surface area contributed by atoms with Crippen LogP contribution < -0.4 is 4.74 Å². The van der Waals surface area contributed by atoms with Crippen LogP contribution in [0, 0.1) is 13.8 Å². The van der Waals surface area contributed by atoms with Gasteiger partial charge in [0.1, 0.15) is 5.75 Å². The number of rotatable bonds is 4. The first-order chi connectivity index (χ1) is 15.0. The van der Waals surface area contributed by atoms with Crippen LogP contribution in [0.5, 0.6) is 5.75 Å². The van der Waals surface area contributed by atoms with Gasteiger partial charge in [-0.25, -0.2) is 9.50 Å². The summed E-state index contributed by atoms with van der Waals surface area (Å²) < 4.78 is 6.98. The van der Waals surface area contributed by atoms with Gasteiger partial charge in [-0.05, 0) is 38.5 Å². The monoisotopic (exact) mass is 422 g/mol. The van der Waals surface area contributed by atoms with Crippen molar-refractivity contribution in [2.45, 2.75) is 26.7 Å². The Hall–Kier alpha value is -3.49. The van der Waals surface area contributed by atoms with E-state index in [1.807, 2.05) is 32.0 Å². The zero-order valence-electron chi connectivity index (χ0n) is 18.0. The SMILES string of the molecule is COc1ccccc1C(=O)N1CCCN(C(=O)Cc2nc3nc(C)cc(C)n3n2)CC1. The molecule has 31 heavy (non-hydrogen) atoms. The van der Waals surface area contributed by atoms with Crippen molar-refractivity contribution in [1.29, 1.82) is 0 Å². The Morgan fingerprint density at radius 3 is 2.58 bits per heavy atom. The van der Waals surface area contributed by atoms with Crippen molar-refractivity contribution >= 4 is 17.6 Å². The summed E-state index contributed by atoms with van der Waals surface area (Å²) in [5.41, 5.74) is 2.33. The van der Waals surface area contributed by atoms with E-state index in [2.05, 4.69) is 15.1 Å². The first-order valence-electron chi connectivity index (χ1n) is 10.4. The number of ether oxygens (including phenoxy) is 1. The highest BCUT2D eigenvalue weighted by Crippen LogP contribution is 2.20. The first kappa shape index (κ1) is 20.8. The van der Waals surface area contributed by atoms with Crippen molar-refractivity contribution in [2.24, 2.45) is 0 Å². The van der Waals surface area contributed by atoms with E-state index in [1.54, 1.807) is 33.6 Å². The predicted molar refractivity (Wildman–Crippen MR) is 114 cm³/mol. The lowest BCUT2D eigenvalue weighted by molar-refractivity contribution is -0.130. The summed E-state index contributed by atoms with van der Waals surface area (Å²) in [6.07, 6.45) is 0.827. The average Bonchev–Trinajstić information content (AvgIpc) is 3.00. The fourth-order valence-electron chi connectivity index (χ4n) is 3.89. The molecule has 1 aliphatic heterocycles. The fraction of sp³-hybridized carbons (Fsp3) is 0.409. The third-order valence-electron chi connectivity index (χ3n) is 5.44.